The molecular weight excluding hydrogens is 356 g/mol. The van der Waals surface area contributed by atoms with E-state index in [-0.39, 0.29) is 23.0 Å². The largest absolute Gasteiger partial charge is 0.466 e. The van der Waals surface area contributed by atoms with Crippen LogP contribution in [0.1, 0.15) is 12.8 Å². The molecule has 4 bridgehead atoms. The summed E-state index contributed by atoms with van der Waals surface area (Å²) >= 11 is 0. The average Bonchev–Trinajstić information content (AvgIpc) is 3.17. The molecule has 6 rings (SSSR count). The Bertz CT molecular complexity index is 819. The van der Waals surface area contributed by atoms with E-state index >= 15 is 0 Å². The van der Waals surface area contributed by atoms with E-state index in [1.807, 2.05) is 0 Å². The van der Waals surface area contributed by atoms with Crippen LogP contribution in [0.4, 0.5) is 0 Å². The summed E-state index contributed by atoms with van der Waals surface area (Å²) in [4.78, 5) is 28.7. The van der Waals surface area contributed by atoms with E-state index in [0.717, 1.165) is 12.8 Å². The van der Waals surface area contributed by atoms with Crippen LogP contribution in [0.5, 0.6) is 0 Å². The van der Waals surface area contributed by atoms with Gasteiger partial charge in [-0.2, -0.15) is 0 Å². The fourth-order valence-corrected chi connectivity index (χ4v) is 6.96. The zero-order valence-corrected chi connectivity index (χ0v) is 16.0. The lowest BCUT2D eigenvalue weighted by atomic mass is 9.81. The molecule has 0 amide bonds. The predicted molar refractivity (Wildman–Crippen MR) is 101 cm³/mol. The van der Waals surface area contributed by atoms with E-state index in [1.54, 1.807) is 12.2 Å². The summed E-state index contributed by atoms with van der Waals surface area (Å²) in [6.07, 6.45) is 18.9. The van der Waals surface area contributed by atoms with Crippen molar-refractivity contribution in [3.05, 3.63) is 48.6 Å². The van der Waals surface area contributed by atoms with Crippen LogP contribution >= 0.6 is 0 Å². The number of piperidine rings is 2. The highest BCUT2D eigenvalue weighted by Crippen LogP contribution is 2.72. The number of fused-ring (bicyclic) bond motifs is 10. The Kier molecular flexibility index (Phi) is 3.14. The number of nitrogens with zero attached hydrogens (tertiary/aromatic N) is 2. The standard InChI is InChI=1S/C22H24N2O4/c1-27-17(25)7-9-21-13-3-5-15(11-13)23(21)19(21)20-22(10-8-18(26)28-2)14-4-6-16(12-14)24(20)22/h3-10,13-16,19-20H,11-12H2,1-2H3/b9-7+,10-8+/t13?,14?,15?,16?,19-,20+,21-,22-,23?,24?/m1/s1. The van der Waals surface area contributed by atoms with Crippen LogP contribution in [0.15, 0.2) is 48.6 Å². The Labute approximate surface area is 164 Å². The summed E-state index contributed by atoms with van der Waals surface area (Å²) < 4.78 is 9.67. The summed E-state index contributed by atoms with van der Waals surface area (Å²) in [5.41, 5.74) is -0.178. The first-order valence-corrected chi connectivity index (χ1v) is 10.1. The molecule has 10 atom stereocenters. The molecule has 0 N–H and O–H groups in total. The summed E-state index contributed by atoms with van der Waals surface area (Å²) in [6, 6.07) is 1.62. The van der Waals surface area contributed by atoms with Crippen molar-refractivity contribution in [3.63, 3.8) is 0 Å². The number of carbonyl (C=O) groups excluding carboxylic acids is 2. The number of ether oxygens (including phenoxy) is 2. The fourth-order valence-electron chi connectivity index (χ4n) is 6.96. The monoisotopic (exact) mass is 380 g/mol. The second kappa shape index (κ2) is 5.24. The Morgan fingerprint density at radius 3 is 1.64 bits per heavy atom. The molecule has 2 aliphatic carbocycles. The van der Waals surface area contributed by atoms with Gasteiger partial charge in [-0.3, -0.25) is 9.80 Å². The molecule has 0 saturated carbocycles. The smallest absolute Gasteiger partial charge is 0.330 e. The molecule has 146 valence electrons. The molecule has 0 aromatic heterocycles. The van der Waals surface area contributed by atoms with Gasteiger partial charge in [0.05, 0.1) is 37.4 Å². The molecule has 0 spiro atoms. The van der Waals surface area contributed by atoms with Crippen molar-refractivity contribution in [1.29, 1.82) is 0 Å². The highest BCUT2D eigenvalue weighted by atomic mass is 16.5. The molecule has 6 aliphatic rings. The molecule has 0 aromatic rings. The summed E-state index contributed by atoms with van der Waals surface area (Å²) in [5, 5.41) is 0. The average molecular weight is 380 g/mol. The van der Waals surface area contributed by atoms with Gasteiger partial charge in [0.2, 0.25) is 0 Å². The molecule has 4 saturated heterocycles. The first-order chi connectivity index (χ1) is 13.6. The molecule has 4 aliphatic heterocycles. The third-order valence-electron chi connectivity index (χ3n) is 8.00. The molecule has 0 radical (unpaired) electrons. The zero-order valence-electron chi connectivity index (χ0n) is 16.0. The third kappa shape index (κ3) is 1.77. The van der Waals surface area contributed by atoms with Gasteiger partial charge in [-0.05, 0) is 12.8 Å². The molecule has 6 heteroatoms. The highest BCUT2D eigenvalue weighted by Gasteiger charge is 2.85. The predicted octanol–water partition coefficient (Wildman–Crippen LogP) is 1.21. The van der Waals surface area contributed by atoms with E-state index in [2.05, 4.69) is 46.3 Å². The number of hydrogen-bond donors (Lipinski definition) is 0. The van der Waals surface area contributed by atoms with Crippen molar-refractivity contribution in [3.8, 4) is 0 Å². The Hall–Kier alpha value is -2.18. The number of carbonyl (C=O) groups is 2. The van der Waals surface area contributed by atoms with Crippen LogP contribution in [0.2, 0.25) is 0 Å². The van der Waals surface area contributed by atoms with Gasteiger partial charge in [0.25, 0.3) is 0 Å². The van der Waals surface area contributed by atoms with Crippen LogP contribution in [-0.2, 0) is 19.1 Å². The first-order valence-electron chi connectivity index (χ1n) is 10.1. The van der Waals surface area contributed by atoms with Gasteiger partial charge in [0.1, 0.15) is 0 Å². The van der Waals surface area contributed by atoms with E-state index in [4.69, 9.17) is 9.47 Å². The quantitative estimate of drug-likeness (QED) is 0.309. The summed E-state index contributed by atoms with van der Waals surface area (Å²) in [5.74, 6) is 0.284. The maximum atomic E-state index is 11.8. The first kappa shape index (κ1) is 16.7. The maximum absolute atomic E-state index is 11.8. The lowest BCUT2D eigenvalue weighted by Gasteiger charge is -2.19. The normalized spacial score (nSPS) is 53.1. The fraction of sp³-hybridized carbons (Fsp3) is 0.545. The van der Waals surface area contributed by atoms with Crippen LogP contribution in [0.25, 0.3) is 0 Å². The Balaban J connectivity index is 1.35. The highest BCUT2D eigenvalue weighted by molar-refractivity contribution is 5.83. The minimum Gasteiger partial charge on any atom is -0.466 e. The van der Waals surface area contributed by atoms with Crippen molar-refractivity contribution in [2.45, 2.75) is 48.1 Å². The van der Waals surface area contributed by atoms with E-state index in [1.165, 1.54) is 14.2 Å². The molecule has 28 heavy (non-hydrogen) atoms. The van der Waals surface area contributed by atoms with Crippen LogP contribution < -0.4 is 0 Å². The minimum atomic E-state index is -0.301. The van der Waals surface area contributed by atoms with Gasteiger partial charge in [-0.25, -0.2) is 9.59 Å². The molecule has 6 unspecified atom stereocenters. The number of rotatable bonds is 5. The van der Waals surface area contributed by atoms with E-state index in [0.29, 0.717) is 36.0 Å². The van der Waals surface area contributed by atoms with Crippen LogP contribution in [0.3, 0.4) is 0 Å². The molecule has 6 nitrogen and oxygen atoms in total. The lowest BCUT2D eigenvalue weighted by Crippen LogP contribution is -2.31. The number of esters is 2. The third-order valence-corrected chi connectivity index (χ3v) is 8.00. The van der Waals surface area contributed by atoms with Gasteiger partial charge in [0, 0.05) is 36.1 Å². The van der Waals surface area contributed by atoms with Gasteiger partial charge in [-0.1, -0.05) is 36.5 Å². The second-order valence-corrected chi connectivity index (χ2v) is 8.78. The SMILES string of the molecule is COC(=O)/C=C/[C@]12C3C=CC(C3)N1[C@H]2[C@H]1N2C3C=CC(C3)[C@]12/C=C/C(=O)OC. The van der Waals surface area contributed by atoms with Crippen molar-refractivity contribution < 1.29 is 19.1 Å². The van der Waals surface area contributed by atoms with Gasteiger partial charge in [0.15, 0.2) is 0 Å². The topological polar surface area (TPSA) is 58.6 Å². The maximum Gasteiger partial charge on any atom is 0.330 e. The molecular formula is C22H24N2O4. The Morgan fingerprint density at radius 1 is 0.821 bits per heavy atom. The van der Waals surface area contributed by atoms with Crippen molar-refractivity contribution >= 4 is 11.9 Å². The number of hydrogen-bond acceptors (Lipinski definition) is 6. The Morgan fingerprint density at radius 2 is 1.25 bits per heavy atom. The molecule has 4 heterocycles. The van der Waals surface area contributed by atoms with Gasteiger partial charge >= 0.3 is 11.9 Å². The molecule has 0 aromatic carbocycles. The lowest BCUT2D eigenvalue weighted by molar-refractivity contribution is -0.135. The minimum absolute atomic E-state index is 0.0891. The second-order valence-electron chi connectivity index (χ2n) is 8.78. The van der Waals surface area contributed by atoms with Gasteiger partial charge < -0.3 is 9.47 Å². The van der Waals surface area contributed by atoms with Crippen LogP contribution in [0, 0.1) is 11.8 Å². The van der Waals surface area contributed by atoms with Crippen molar-refractivity contribution in [2.75, 3.05) is 14.2 Å². The van der Waals surface area contributed by atoms with Crippen molar-refractivity contribution in [1.82, 2.24) is 9.80 Å². The summed E-state index contributed by atoms with van der Waals surface area (Å²) in [7, 11) is 2.83. The van der Waals surface area contributed by atoms with Gasteiger partial charge in [-0.15, -0.1) is 0 Å². The number of methoxy groups -OCH3 is 2. The zero-order chi connectivity index (χ0) is 19.3. The summed E-state index contributed by atoms with van der Waals surface area (Å²) in [6.45, 7) is 0. The molecule has 4 fully saturated rings. The van der Waals surface area contributed by atoms with E-state index < -0.39 is 0 Å². The van der Waals surface area contributed by atoms with Crippen LogP contribution in [-0.4, -0.2) is 71.2 Å². The van der Waals surface area contributed by atoms with E-state index in [9.17, 15) is 9.59 Å². The van der Waals surface area contributed by atoms with Crippen molar-refractivity contribution in [2.24, 2.45) is 11.8 Å².